The van der Waals surface area contributed by atoms with Gasteiger partial charge in [-0.3, -0.25) is 0 Å². The van der Waals surface area contributed by atoms with E-state index in [1.165, 1.54) is 32.1 Å². The summed E-state index contributed by atoms with van der Waals surface area (Å²) in [6.07, 6.45) is 14.2. The van der Waals surface area contributed by atoms with Crippen LogP contribution in [0.3, 0.4) is 0 Å². The summed E-state index contributed by atoms with van der Waals surface area (Å²) in [5.41, 5.74) is 1.74. The average molecular weight is 218 g/mol. The zero-order valence-corrected chi connectivity index (χ0v) is 11.1. The molecule has 0 aliphatic heterocycles. The van der Waals surface area contributed by atoms with Crippen LogP contribution < -0.4 is 0 Å². The van der Waals surface area contributed by atoms with Gasteiger partial charge in [0.1, 0.15) is 0 Å². The predicted molar refractivity (Wildman–Crippen MR) is 71.3 cm³/mol. The van der Waals surface area contributed by atoms with Gasteiger partial charge < -0.3 is 0 Å². The Bertz CT molecular complexity index is 282. The second-order valence-electron chi connectivity index (χ2n) is 5.97. The summed E-state index contributed by atoms with van der Waals surface area (Å²) in [7, 11) is 0. The van der Waals surface area contributed by atoms with Crippen molar-refractivity contribution in [3.8, 4) is 0 Å². The van der Waals surface area contributed by atoms with Crippen LogP contribution in [-0.2, 0) is 0 Å². The van der Waals surface area contributed by atoms with E-state index in [1.54, 1.807) is 5.57 Å². The Hall–Kier alpha value is -0.520. The van der Waals surface area contributed by atoms with Gasteiger partial charge in [0.25, 0.3) is 0 Å². The van der Waals surface area contributed by atoms with Crippen molar-refractivity contribution in [1.82, 2.24) is 0 Å². The van der Waals surface area contributed by atoms with E-state index in [9.17, 15) is 0 Å². The normalized spacial score (nSPS) is 30.4. The van der Waals surface area contributed by atoms with Gasteiger partial charge in [0.15, 0.2) is 0 Å². The van der Waals surface area contributed by atoms with Crippen molar-refractivity contribution in [3.05, 3.63) is 23.8 Å². The lowest BCUT2D eigenvalue weighted by Crippen LogP contribution is -2.25. The van der Waals surface area contributed by atoms with Crippen LogP contribution in [0.1, 0.15) is 52.9 Å². The molecule has 0 spiro atoms. The van der Waals surface area contributed by atoms with Gasteiger partial charge >= 0.3 is 0 Å². The summed E-state index contributed by atoms with van der Waals surface area (Å²) in [5, 5.41) is 0. The number of hydrogen-bond acceptors (Lipinski definition) is 0. The van der Waals surface area contributed by atoms with Crippen LogP contribution in [0.15, 0.2) is 23.8 Å². The molecule has 0 aromatic carbocycles. The predicted octanol–water partition coefficient (Wildman–Crippen LogP) is 4.97. The molecule has 0 amide bonds. The molecule has 2 aliphatic rings. The Morgan fingerprint density at radius 2 is 2.12 bits per heavy atom. The largest absolute Gasteiger partial charge is 0.0811 e. The van der Waals surface area contributed by atoms with E-state index in [2.05, 4.69) is 39.0 Å². The number of allylic oxidation sites excluding steroid dienone is 4. The monoisotopic (exact) mass is 218 g/mol. The molecular formula is C16H26. The zero-order chi connectivity index (χ0) is 11.5. The van der Waals surface area contributed by atoms with Crippen molar-refractivity contribution < 1.29 is 0 Å². The lowest BCUT2D eigenvalue weighted by molar-refractivity contribution is 0.217. The average Bonchev–Trinajstić information content (AvgIpc) is 2.35. The van der Waals surface area contributed by atoms with Crippen molar-refractivity contribution in [2.45, 2.75) is 52.9 Å². The summed E-state index contributed by atoms with van der Waals surface area (Å²) >= 11 is 0. The third kappa shape index (κ3) is 2.42. The summed E-state index contributed by atoms with van der Waals surface area (Å²) < 4.78 is 0. The highest BCUT2D eigenvalue weighted by Crippen LogP contribution is 2.43. The van der Waals surface area contributed by atoms with E-state index in [-0.39, 0.29) is 0 Å². The fraction of sp³-hybridized carbons (Fsp3) is 0.750. The van der Waals surface area contributed by atoms with Crippen molar-refractivity contribution in [2.24, 2.45) is 23.7 Å². The van der Waals surface area contributed by atoms with Gasteiger partial charge in [-0.15, -0.1) is 0 Å². The molecule has 1 fully saturated rings. The minimum atomic E-state index is 0.802. The quantitative estimate of drug-likeness (QED) is 0.625. The summed E-state index contributed by atoms with van der Waals surface area (Å²) in [5.74, 6) is 3.51. The highest BCUT2D eigenvalue weighted by Gasteiger charge is 2.32. The van der Waals surface area contributed by atoms with E-state index in [0.717, 1.165) is 23.7 Å². The molecule has 0 aromatic heterocycles. The maximum absolute atomic E-state index is 2.45. The number of hydrogen-bond donors (Lipinski definition) is 0. The minimum Gasteiger partial charge on any atom is -0.0811 e. The van der Waals surface area contributed by atoms with Gasteiger partial charge in [-0.1, -0.05) is 51.0 Å². The Morgan fingerprint density at radius 1 is 1.31 bits per heavy atom. The molecule has 0 heteroatoms. The van der Waals surface area contributed by atoms with Gasteiger partial charge in [-0.25, -0.2) is 0 Å². The molecule has 0 heterocycles. The summed E-state index contributed by atoms with van der Waals surface area (Å²) in [6.45, 7) is 7.08. The van der Waals surface area contributed by atoms with Crippen LogP contribution in [0.25, 0.3) is 0 Å². The molecule has 90 valence electrons. The summed E-state index contributed by atoms with van der Waals surface area (Å²) in [4.78, 5) is 0. The van der Waals surface area contributed by atoms with Crippen LogP contribution >= 0.6 is 0 Å². The van der Waals surface area contributed by atoms with Gasteiger partial charge in [0, 0.05) is 0 Å². The summed E-state index contributed by atoms with van der Waals surface area (Å²) in [6, 6.07) is 0. The second kappa shape index (κ2) is 5.21. The zero-order valence-electron chi connectivity index (χ0n) is 11.1. The fourth-order valence-electron chi connectivity index (χ4n) is 3.33. The molecule has 1 saturated carbocycles. The maximum Gasteiger partial charge on any atom is -0.0177 e. The second-order valence-corrected chi connectivity index (χ2v) is 5.97. The maximum atomic E-state index is 2.45. The number of rotatable bonds is 4. The van der Waals surface area contributed by atoms with Crippen LogP contribution in [0.2, 0.25) is 0 Å². The molecule has 0 radical (unpaired) electrons. The molecule has 3 atom stereocenters. The highest BCUT2D eigenvalue weighted by molar-refractivity contribution is 5.22. The smallest absolute Gasteiger partial charge is 0.0177 e. The molecule has 0 N–H and O–H groups in total. The van der Waals surface area contributed by atoms with Gasteiger partial charge in [-0.2, -0.15) is 0 Å². The first-order valence-corrected chi connectivity index (χ1v) is 7.09. The van der Waals surface area contributed by atoms with Crippen LogP contribution in [0, 0.1) is 23.7 Å². The Labute approximate surface area is 101 Å². The Kier molecular flexibility index (Phi) is 3.89. The van der Waals surface area contributed by atoms with E-state index in [1.807, 2.05) is 0 Å². The molecule has 0 bridgehead atoms. The standard InChI is InChI=1S/C16H26/c1-4-6-16(12(2)3)15-8-5-7-13-9-10-14(13)11-15/h5,7-8,12-14,16H,4,6,9-11H2,1-3H3. The topological polar surface area (TPSA) is 0 Å². The van der Waals surface area contributed by atoms with Crippen molar-refractivity contribution in [1.29, 1.82) is 0 Å². The first kappa shape index (κ1) is 12.0. The highest BCUT2D eigenvalue weighted by atomic mass is 14.4. The lowest BCUT2D eigenvalue weighted by atomic mass is 9.69. The third-order valence-electron chi connectivity index (χ3n) is 4.52. The fourth-order valence-corrected chi connectivity index (χ4v) is 3.33. The Balaban J connectivity index is 2.06. The van der Waals surface area contributed by atoms with E-state index in [0.29, 0.717) is 0 Å². The van der Waals surface area contributed by atoms with E-state index in [4.69, 9.17) is 0 Å². The van der Waals surface area contributed by atoms with Crippen molar-refractivity contribution in [2.75, 3.05) is 0 Å². The van der Waals surface area contributed by atoms with Crippen molar-refractivity contribution >= 4 is 0 Å². The lowest BCUT2D eigenvalue weighted by Gasteiger charge is -2.36. The molecule has 2 aliphatic carbocycles. The molecule has 3 unspecified atom stereocenters. The molecule has 16 heavy (non-hydrogen) atoms. The molecule has 0 nitrogen and oxygen atoms in total. The van der Waals surface area contributed by atoms with Crippen LogP contribution in [-0.4, -0.2) is 0 Å². The number of fused-ring (bicyclic) bond motifs is 1. The Morgan fingerprint density at radius 3 is 2.69 bits per heavy atom. The van der Waals surface area contributed by atoms with Crippen LogP contribution in [0.4, 0.5) is 0 Å². The van der Waals surface area contributed by atoms with E-state index < -0.39 is 0 Å². The first-order valence-electron chi connectivity index (χ1n) is 7.09. The van der Waals surface area contributed by atoms with Gasteiger partial charge in [0.2, 0.25) is 0 Å². The molecule has 0 saturated heterocycles. The van der Waals surface area contributed by atoms with E-state index >= 15 is 0 Å². The van der Waals surface area contributed by atoms with Gasteiger partial charge in [0.05, 0.1) is 0 Å². The minimum absolute atomic E-state index is 0.802. The van der Waals surface area contributed by atoms with Gasteiger partial charge in [-0.05, 0) is 49.4 Å². The molecule has 2 rings (SSSR count). The third-order valence-corrected chi connectivity index (χ3v) is 4.52. The molecule has 0 aromatic rings. The SMILES string of the molecule is CCCC(C1=CC=CC2CCC2C1)C(C)C. The molecular weight excluding hydrogens is 192 g/mol. The van der Waals surface area contributed by atoms with Crippen LogP contribution in [0.5, 0.6) is 0 Å². The van der Waals surface area contributed by atoms with Crippen molar-refractivity contribution in [3.63, 3.8) is 0 Å². The first-order chi connectivity index (χ1) is 7.72.